The van der Waals surface area contributed by atoms with Crippen LogP contribution < -0.4 is 4.90 Å². The number of rotatable bonds is 3. The zero-order valence-electron chi connectivity index (χ0n) is 15.5. The minimum absolute atomic E-state index is 0.132. The maximum atomic E-state index is 5.60. The Kier molecular flexibility index (Phi) is 3.89. The fourth-order valence-corrected chi connectivity index (χ4v) is 4.18. The first kappa shape index (κ1) is 16.4. The van der Waals surface area contributed by atoms with Crippen LogP contribution >= 0.6 is 0 Å². The summed E-state index contributed by atoms with van der Waals surface area (Å²) in [4.78, 5) is 16.3. The molecule has 0 amide bonds. The van der Waals surface area contributed by atoms with Gasteiger partial charge in [0.25, 0.3) is 0 Å². The van der Waals surface area contributed by atoms with E-state index in [1.54, 1.807) is 18.9 Å². The number of imidazole rings is 1. The summed E-state index contributed by atoms with van der Waals surface area (Å²) in [6, 6.07) is 0.492. The van der Waals surface area contributed by atoms with Crippen LogP contribution in [0.5, 0.6) is 0 Å². The lowest BCUT2D eigenvalue weighted by Gasteiger charge is -2.43. The van der Waals surface area contributed by atoms with Gasteiger partial charge in [0.2, 0.25) is 5.95 Å². The highest BCUT2D eigenvalue weighted by atomic mass is 16.5. The van der Waals surface area contributed by atoms with Crippen LogP contribution in [0.4, 0.5) is 5.82 Å². The number of anilines is 1. The lowest BCUT2D eigenvalue weighted by molar-refractivity contribution is 0.0817. The van der Waals surface area contributed by atoms with Crippen molar-refractivity contribution in [3.8, 4) is 11.6 Å². The number of aryl methyl sites for hydroxylation is 1. The molecule has 0 spiro atoms. The van der Waals surface area contributed by atoms with Crippen LogP contribution in [0, 0.1) is 6.92 Å². The fraction of sp³-hybridized carbons (Fsp3) is 0.500. The number of aromatic nitrogens is 7. The molecule has 9 heteroatoms. The molecule has 0 radical (unpaired) electrons. The molecule has 1 atom stereocenters. The van der Waals surface area contributed by atoms with E-state index in [-0.39, 0.29) is 6.04 Å². The molecule has 5 rings (SSSR count). The Morgan fingerprint density at radius 3 is 2.78 bits per heavy atom. The van der Waals surface area contributed by atoms with E-state index in [0.29, 0.717) is 12.0 Å². The molecule has 0 saturated carbocycles. The minimum atomic E-state index is 0.132. The van der Waals surface area contributed by atoms with Gasteiger partial charge in [-0.25, -0.2) is 9.97 Å². The monoisotopic (exact) mass is 366 g/mol. The third-order valence-corrected chi connectivity index (χ3v) is 5.43. The van der Waals surface area contributed by atoms with E-state index in [1.165, 1.54) is 0 Å². The van der Waals surface area contributed by atoms with Crippen LogP contribution in [0.3, 0.4) is 0 Å². The number of ether oxygens (including phenoxy) is 1. The van der Waals surface area contributed by atoms with E-state index in [2.05, 4.69) is 27.0 Å². The molecule has 0 bridgehead atoms. The van der Waals surface area contributed by atoms with E-state index < -0.39 is 0 Å². The summed E-state index contributed by atoms with van der Waals surface area (Å²) in [7, 11) is 0. The second-order valence-corrected chi connectivity index (χ2v) is 6.99. The Labute approximate surface area is 157 Å². The predicted molar refractivity (Wildman–Crippen MR) is 98.2 cm³/mol. The summed E-state index contributed by atoms with van der Waals surface area (Å²) in [6.07, 6.45) is 9.99. The molecule has 1 saturated heterocycles. The van der Waals surface area contributed by atoms with Gasteiger partial charge in [-0.2, -0.15) is 4.98 Å². The van der Waals surface area contributed by atoms with Gasteiger partial charge in [0.05, 0.1) is 11.7 Å². The molecule has 1 fully saturated rings. The van der Waals surface area contributed by atoms with Gasteiger partial charge in [-0.05, 0) is 26.2 Å². The van der Waals surface area contributed by atoms with Crippen molar-refractivity contribution in [1.29, 1.82) is 0 Å². The van der Waals surface area contributed by atoms with Crippen LogP contribution in [-0.2, 0) is 4.74 Å². The van der Waals surface area contributed by atoms with Gasteiger partial charge < -0.3 is 9.64 Å². The lowest BCUT2D eigenvalue weighted by Crippen LogP contribution is -2.46. The molecule has 0 aromatic carbocycles. The number of fused-ring (bicyclic) bond motifs is 3. The third-order valence-electron chi connectivity index (χ3n) is 5.43. The Balaban J connectivity index is 1.73. The van der Waals surface area contributed by atoms with Gasteiger partial charge >= 0.3 is 0 Å². The second kappa shape index (κ2) is 6.41. The summed E-state index contributed by atoms with van der Waals surface area (Å²) in [5.41, 5.74) is 1.87. The lowest BCUT2D eigenvalue weighted by atomic mass is 10.00. The van der Waals surface area contributed by atoms with E-state index in [0.717, 1.165) is 55.5 Å². The molecule has 2 aliphatic heterocycles. The molecule has 0 aliphatic carbocycles. The Bertz CT molecular complexity index is 944. The first-order valence-electron chi connectivity index (χ1n) is 9.41. The predicted octanol–water partition coefficient (Wildman–Crippen LogP) is 2.00. The SMILES string of the molecule is CC[C@@H]1c2nncn2-c2c(C)nc(-n3ccnc3)nc2N1C1CCOCC1. The average molecular weight is 366 g/mol. The van der Waals surface area contributed by atoms with Crippen LogP contribution in [0.15, 0.2) is 25.0 Å². The maximum absolute atomic E-state index is 5.60. The Hall–Kier alpha value is -2.81. The van der Waals surface area contributed by atoms with Crippen molar-refractivity contribution < 1.29 is 4.74 Å². The van der Waals surface area contributed by atoms with E-state index in [4.69, 9.17) is 14.7 Å². The quantitative estimate of drug-likeness (QED) is 0.701. The molecule has 27 heavy (non-hydrogen) atoms. The van der Waals surface area contributed by atoms with Crippen molar-refractivity contribution in [1.82, 2.24) is 34.3 Å². The molecule has 5 heterocycles. The van der Waals surface area contributed by atoms with Crippen molar-refractivity contribution in [3.63, 3.8) is 0 Å². The van der Waals surface area contributed by atoms with E-state index >= 15 is 0 Å². The highest BCUT2D eigenvalue weighted by Crippen LogP contribution is 2.42. The van der Waals surface area contributed by atoms with Crippen LogP contribution in [0.2, 0.25) is 0 Å². The van der Waals surface area contributed by atoms with Gasteiger partial charge in [0, 0.05) is 31.6 Å². The summed E-state index contributed by atoms with van der Waals surface area (Å²) in [5, 5.41) is 8.62. The Morgan fingerprint density at radius 1 is 1.19 bits per heavy atom. The number of hydrogen-bond acceptors (Lipinski definition) is 7. The standard InChI is InChI=1S/C18H22N8O/c1-3-14-16-23-20-11-25(16)15-12(2)21-18(24-7-6-19-10-24)22-17(15)26(14)13-4-8-27-9-5-13/h6-7,10-11,13-14H,3-5,8-9H2,1-2H3/t14-/m1/s1. The van der Waals surface area contributed by atoms with Gasteiger partial charge in [0.15, 0.2) is 11.6 Å². The van der Waals surface area contributed by atoms with Crippen LogP contribution in [0.25, 0.3) is 11.6 Å². The van der Waals surface area contributed by atoms with Gasteiger partial charge in [-0.15, -0.1) is 10.2 Å². The molecule has 3 aromatic heterocycles. The average Bonchev–Trinajstić information content (AvgIpc) is 3.39. The molecular weight excluding hydrogens is 344 g/mol. The molecule has 3 aromatic rings. The molecule has 0 unspecified atom stereocenters. The maximum Gasteiger partial charge on any atom is 0.237 e. The van der Waals surface area contributed by atoms with E-state index in [9.17, 15) is 0 Å². The van der Waals surface area contributed by atoms with Crippen LogP contribution in [0.1, 0.15) is 43.7 Å². The summed E-state index contributed by atoms with van der Waals surface area (Å²) in [5.74, 6) is 2.53. The largest absolute Gasteiger partial charge is 0.381 e. The summed E-state index contributed by atoms with van der Waals surface area (Å²) < 4.78 is 9.50. The van der Waals surface area contributed by atoms with Crippen molar-refractivity contribution in [2.24, 2.45) is 0 Å². The fourth-order valence-electron chi connectivity index (χ4n) is 4.18. The van der Waals surface area contributed by atoms with Crippen molar-refractivity contribution in [3.05, 3.63) is 36.6 Å². The van der Waals surface area contributed by atoms with Crippen molar-refractivity contribution in [2.75, 3.05) is 18.1 Å². The molecule has 0 N–H and O–H groups in total. The molecule has 2 aliphatic rings. The van der Waals surface area contributed by atoms with Gasteiger partial charge in [-0.3, -0.25) is 9.13 Å². The van der Waals surface area contributed by atoms with E-state index in [1.807, 2.05) is 22.3 Å². The van der Waals surface area contributed by atoms with Crippen molar-refractivity contribution in [2.45, 2.75) is 45.2 Å². The zero-order valence-corrected chi connectivity index (χ0v) is 15.5. The molecule has 140 valence electrons. The molecule has 9 nitrogen and oxygen atoms in total. The highest BCUT2D eigenvalue weighted by Gasteiger charge is 2.39. The molecular formula is C18H22N8O. The second-order valence-electron chi connectivity index (χ2n) is 6.99. The highest BCUT2D eigenvalue weighted by molar-refractivity contribution is 5.65. The van der Waals surface area contributed by atoms with Gasteiger partial charge in [0.1, 0.15) is 18.3 Å². The zero-order chi connectivity index (χ0) is 18.4. The van der Waals surface area contributed by atoms with Gasteiger partial charge in [-0.1, -0.05) is 6.92 Å². The first-order valence-corrected chi connectivity index (χ1v) is 9.41. The number of hydrogen-bond donors (Lipinski definition) is 0. The minimum Gasteiger partial charge on any atom is -0.381 e. The first-order chi connectivity index (χ1) is 13.3. The summed E-state index contributed by atoms with van der Waals surface area (Å²) >= 11 is 0. The normalized spacial score (nSPS) is 19.8. The topological polar surface area (TPSA) is 86.8 Å². The Morgan fingerprint density at radius 2 is 2.04 bits per heavy atom. The smallest absolute Gasteiger partial charge is 0.237 e. The number of nitrogens with zero attached hydrogens (tertiary/aromatic N) is 8. The van der Waals surface area contributed by atoms with Crippen LogP contribution in [-0.4, -0.2) is 53.5 Å². The van der Waals surface area contributed by atoms with Crippen molar-refractivity contribution >= 4 is 5.82 Å². The third kappa shape index (κ3) is 2.53. The summed E-state index contributed by atoms with van der Waals surface area (Å²) in [6.45, 7) is 5.75.